The molecule has 0 bridgehead atoms. The molecule has 0 fully saturated rings. The summed E-state index contributed by atoms with van der Waals surface area (Å²) in [5.74, 6) is 1.24. The summed E-state index contributed by atoms with van der Waals surface area (Å²) in [6.07, 6.45) is 0. The van der Waals surface area contributed by atoms with E-state index in [0.717, 1.165) is 16.8 Å². The molecule has 4 heteroatoms. The van der Waals surface area contributed by atoms with Crippen LogP contribution in [0.3, 0.4) is 0 Å². The lowest BCUT2D eigenvalue weighted by Crippen LogP contribution is -2.09. The second-order valence-electron chi connectivity index (χ2n) is 4.43. The monoisotopic (exact) mass is 276 g/mol. The van der Waals surface area contributed by atoms with Crippen LogP contribution in [-0.2, 0) is 6.54 Å². The van der Waals surface area contributed by atoms with E-state index in [1.165, 1.54) is 0 Å². The molecule has 0 atom stereocenters. The van der Waals surface area contributed by atoms with Gasteiger partial charge in [-0.05, 0) is 44.7 Å². The summed E-state index contributed by atoms with van der Waals surface area (Å²) in [6, 6.07) is 9.45. The minimum Gasteiger partial charge on any atom is -0.437 e. The Morgan fingerprint density at radius 2 is 2.00 bits per heavy atom. The molecule has 2 rings (SSSR count). The van der Waals surface area contributed by atoms with Gasteiger partial charge >= 0.3 is 0 Å². The molecule has 0 saturated heterocycles. The number of rotatable bonds is 4. The van der Waals surface area contributed by atoms with Gasteiger partial charge in [-0.15, -0.1) is 0 Å². The molecule has 0 amide bonds. The highest BCUT2D eigenvalue weighted by molar-refractivity contribution is 6.32. The van der Waals surface area contributed by atoms with E-state index in [9.17, 15) is 0 Å². The molecular weight excluding hydrogens is 260 g/mol. The van der Waals surface area contributed by atoms with E-state index in [2.05, 4.69) is 17.2 Å². The first-order chi connectivity index (χ1) is 9.11. The first kappa shape index (κ1) is 13.8. The molecule has 0 radical (unpaired) electrons. The van der Waals surface area contributed by atoms with Crippen molar-refractivity contribution in [2.75, 3.05) is 7.05 Å². The summed E-state index contributed by atoms with van der Waals surface area (Å²) in [7, 11) is 1.90. The summed E-state index contributed by atoms with van der Waals surface area (Å²) in [5.41, 5.74) is 3.14. The third-order valence-electron chi connectivity index (χ3n) is 2.83. The van der Waals surface area contributed by atoms with Crippen molar-refractivity contribution in [3.63, 3.8) is 0 Å². The van der Waals surface area contributed by atoms with E-state index in [1.807, 2.05) is 38.2 Å². The Morgan fingerprint density at radius 1 is 1.26 bits per heavy atom. The summed E-state index contributed by atoms with van der Waals surface area (Å²) < 4.78 is 5.87. The molecule has 1 aromatic heterocycles. The first-order valence-electron chi connectivity index (χ1n) is 6.16. The molecule has 2 aromatic rings. The number of hydrogen-bond donors (Lipinski definition) is 1. The predicted molar refractivity (Wildman–Crippen MR) is 78.0 cm³/mol. The minimum absolute atomic E-state index is 0.582. The molecule has 0 spiro atoms. The number of hydrogen-bond acceptors (Lipinski definition) is 3. The Kier molecular flexibility index (Phi) is 4.40. The average Bonchev–Trinajstić information content (AvgIpc) is 2.36. The van der Waals surface area contributed by atoms with Crippen molar-refractivity contribution >= 4 is 11.6 Å². The number of aromatic nitrogens is 1. The van der Waals surface area contributed by atoms with Gasteiger partial charge in [0.15, 0.2) is 0 Å². The first-order valence-corrected chi connectivity index (χ1v) is 6.53. The van der Waals surface area contributed by atoms with Crippen LogP contribution in [0.15, 0.2) is 30.3 Å². The van der Waals surface area contributed by atoms with E-state index in [0.29, 0.717) is 23.2 Å². The summed E-state index contributed by atoms with van der Waals surface area (Å²) >= 11 is 6.11. The summed E-state index contributed by atoms with van der Waals surface area (Å²) in [6.45, 7) is 4.72. The third-order valence-corrected chi connectivity index (χ3v) is 3.15. The van der Waals surface area contributed by atoms with Gasteiger partial charge < -0.3 is 10.1 Å². The van der Waals surface area contributed by atoms with Gasteiger partial charge in [0.05, 0.1) is 5.02 Å². The number of para-hydroxylation sites is 1. The van der Waals surface area contributed by atoms with Gasteiger partial charge in [0.25, 0.3) is 0 Å². The van der Waals surface area contributed by atoms with Crippen molar-refractivity contribution in [1.82, 2.24) is 10.3 Å². The lowest BCUT2D eigenvalue weighted by Gasteiger charge is -2.14. The number of benzene rings is 1. The fourth-order valence-corrected chi connectivity index (χ4v) is 2.11. The highest BCUT2D eigenvalue weighted by Gasteiger charge is 2.12. The minimum atomic E-state index is 0.582. The molecule has 0 unspecified atom stereocenters. The Bertz CT molecular complexity index is 584. The second-order valence-corrected chi connectivity index (χ2v) is 4.83. The fourth-order valence-electron chi connectivity index (χ4n) is 1.94. The number of nitrogens with zero attached hydrogens (tertiary/aromatic N) is 1. The SMILES string of the molecule is CNCc1c(C)cc(C)nc1Oc1ccccc1Cl. The number of halogens is 1. The zero-order chi connectivity index (χ0) is 13.8. The van der Waals surface area contributed by atoms with Crippen LogP contribution in [0.5, 0.6) is 11.6 Å². The molecule has 0 aliphatic rings. The van der Waals surface area contributed by atoms with Crippen LogP contribution in [0.25, 0.3) is 0 Å². The van der Waals surface area contributed by atoms with E-state index in [4.69, 9.17) is 16.3 Å². The molecule has 3 nitrogen and oxygen atoms in total. The number of pyridine rings is 1. The fraction of sp³-hybridized carbons (Fsp3) is 0.267. The van der Waals surface area contributed by atoms with E-state index in [-0.39, 0.29) is 0 Å². The van der Waals surface area contributed by atoms with Crippen LogP contribution >= 0.6 is 11.6 Å². The van der Waals surface area contributed by atoms with E-state index >= 15 is 0 Å². The predicted octanol–water partition coefficient (Wildman–Crippen LogP) is 3.86. The van der Waals surface area contributed by atoms with Crippen LogP contribution in [0.1, 0.15) is 16.8 Å². The van der Waals surface area contributed by atoms with E-state index in [1.54, 1.807) is 6.07 Å². The van der Waals surface area contributed by atoms with E-state index < -0.39 is 0 Å². The van der Waals surface area contributed by atoms with Crippen LogP contribution in [0, 0.1) is 13.8 Å². The van der Waals surface area contributed by atoms with Crippen LogP contribution < -0.4 is 10.1 Å². The van der Waals surface area contributed by atoms with Crippen LogP contribution in [0.4, 0.5) is 0 Å². The topological polar surface area (TPSA) is 34.2 Å². The number of aryl methyl sites for hydroxylation is 2. The standard InChI is InChI=1S/C15H17ClN2O/c1-10-8-11(2)18-15(12(10)9-17-3)19-14-7-5-4-6-13(14)16/h4-8,17H,9H2,1-3H3. The summed E-state index contributed by atoms with van der Waals surface area (Å²) in [4.78, 5) is 4.47. The lowest BCUT2D eigenvalue weighted by atomic mass is 10.1. The van der Waals surface area contributed by atoms with Gasteiger partial charge in [0.1, 0.15) is 5.75 Å². The Morgan fingerprint density at radius 3 is 2.68 bits per heavy atom. The highest BCUT2D eigenvalue weighted by atomic mass is 35.5. The maximum Gasteiger partial charge on any atom is 0.224 e. The van der Waals surface area contributed by atoms with Gasteiger partial charge in [-0.2, -0.15) is 0 Å². The van der Waals surface area contributed by atoms with Gasteiger partial charge in [0, 0.05) is 17.8 Å². The number of ether oxygens (including phenoxy) is 1. The zero-order valence-electron chi connectivity index (χ0n) is 11.3. The smallest absolute Gasteiger partial charge is 0.224 e. The van der Waals surface area contributed by atoms with Gasteiger partial charge in [-0.1, -0.05) is 23.7 Å². The van der Waals surface area contributed by atoms with Crippen molar-refractivity contribution in [1.29, 1.82) is 0 Å². The van der Waals surface area contributed by atoms with Crippen LogP contribution in [0.2, 0.25) is 5.02 Å². The second kappa shape index (κ2) is 6.04. The van der Waals surface area contributed by atoms with Crippen molar-refractivity contribution in [3.05, 3.63) is 52.2 Å². The molecule has 19 heavy (non-hydrogen) atoms. The van der Waals surface area contributed by atoms with Crippen molar-refractivity contribution < 1.29 is 4.74 Å². The molecule has 1 N–H and O–H groups in total. The van der Waals surface area contributed by atoms with Gasteiger partial charge in [-0.25, -0.2) is 4.98 Å². The average molecular weight is 277 g/mol. The maximum absolute atomic E-state index is 6.11. The lowest BCUT2D eigenvalue weighted by molar-refractivity contribution is 0.452. The molecule has 0 aliphatic carbocycles. The molecule has 0 saturated carbocycles. The maximum atomic E-state index is 6.11. The molecule has 1 aromatic carbocycles. The zero-order valence-corrected chi connectivity index (χ0v) is 12.1. The van der Waals surface area contributed by atoms with Gasteiger partial charge in [0.2, 0.25) is 5.88 Å². The van der Waals surface area contributed by atoms with Crippen molar-refractivity contribution in [2.45, 2.75) is 20.4 Å². The normalized spacial score (nSPS) is 10.5. The number of nitrogens with one attached hydrogen (secondary N) is 1. The largest absolute Gasteiger partial charge is 0.437 e. The highest BCUT2D eigenvalue weighted by Crippen LogP contribution is 2.31. The molecule has 1 heterocycles. The Balaban J connectivity index is 2.41. The summed E-state index contributed by atoms with van der Waals surface area (Å²) in [5, 5.41) is 3.71. The van der Waals surface area contributed by atoms with Crippen LogP contribution in [-0.4, -0.2) is 12.0 Å². The van der Waals surface area contributed by atoms with Gasteiger partial charge in [-0.3, -0.25) is 0 Å². The Hall–Kier alpha value is -1.58. The molecule has 100 valence electrons. The van der Waals surface area contributed by atoms with Crippen molar-refractivity contribution in [2.24, 2.45) is 0 Å². The molecular formula is C15H17ClN2O. The Labute approximate surface area is 118 Å². The van der Waals surface area contributed by atoms with Crippen molar-refractivity contribution in [3.8, 4) is 11.6 Å². The quantitative estimate of drug-likeness (QED) is 0.921. The third kappa shape index (κ3) is 3.25. The molecule has 0 aliphatic heterocycles.